The van der Waals surface area contributed by atoms with E-state index in [1.54, 1.807) is 19.1 Å². The molecule has 8 nitrogen and oxygen atoms in total. The van der Waals surface area contributed by atoms with E-state index in [2.05, 4.69) is 21.2 Å². The Balaban J connectivity index is 2.19. The second-order valence-electron chi connectivity index (χ2n) is 5.49. The number of carbonyl (C=O) groups is 1. The van der Waals surface area contributed by atoms with E-state index in [9.17, 15) is 23.3 Å². The number of benzene rings is 2. The van der Waals surface area contributed by atoms with Crippen molar-refractivity contribution >= 4 is 43.2 Å². The van der Waals surface area contributed by atoms with Gasteiger partial charge in [-0.1, -0.05) is 28.1 Å². The molecule has 0 bridgehead atoms. The van der Waals surface area contributed by atoms with Crippen molar-refractivity contribution in [1.29, 1.82) is 0 Å². The molecule has 0 fully saturated rings. The average Bonchev–Trinajstić information content (AvgIpc) is 2.57. The van der Waals surface area contributed by atoms with Gasteiger partial charge in [0.1, 0.15) is 0 Å². The lowest BCUT2D eigenvalue weighted by Gasteiger charge is -2.17. The predicted molar refractivity (Wildman–Crippen MR) is 100 cm³/mol. The minimum absolute atomic E-state index is 0.458. The molecule has 0 heterocycles. The van der Waals surface area contributed by atoms with Gasteiger partial charge in [0.15, 0.2) is 4.90 Å². The van der Waals surface area contributed by atoms with E-state index in [1.165, 1.54) is 19.2 Å². The van der Waals surface area contributed by atoms with Crippen molar-refractivity contribution in [1.82, 2.24) is 4.31 Å². The summed E-state index contributed by atoms with van der Waals surface area (Å²) in [6, 6.07) is 10.2. The van der Waals surface area contributed by atoms with Crippen molar-refractivity contribution in [2.24, 2.45) is 0 Å². The first-order valence-corrected chi connectivity index (χ1v) is 9.62. The van der Waals surface area contributed by atoms with Crippen LogP contribution in [0.2, 0.25) is 0 Å². The zero-order chi connectivity index (χ0) is 19.5. The van der Waals surface area contributed by atoms with E-state index in [0.717, 1.165) is 26.5 Å². The molecule has 0 saturated heterocycles. The number of nitrogens with zero attached hydrogens (tertiary/aromatic N) is 2. The van der Waals surface area contributed by atoms with Gasteiger partial charge in [0.25, 0.3) is 5.69 Å². The molecule has 0 aliphatic rings. The molecule has 0 aliphatic carbocycles. The second kappa shape index (κ2) is 7.94. The first-order chi connectivity index (χ1) is 12.1. The van der Waals surface area contributed by atoms with Crippen molar-refractivity contribution < 1.29 is 18.1 Å². The van der Waals surface area contributed by atoms with Crippen LogP contribution in [-0.2, 0) is 14.8 Å². The van der Waals surface area contributed by atoms with Gasteiger partial charge in [0.2, 0.25) is 15.9 Å². The van der Waals surface area contributed by atoms with E-state index in [-0.39, 0.29) is 0 Å². The Morgan fingerprint density at radius 1 is 1.27 bits per heavy atom. The number of para-hydroxylation sites is 1. The molecule has 2 aromatic carbocycles. The van der Waals surface area contributed by atoms with Gasteiger partial charge >= 0.3 is 0 Å². The zero-order valence-corrected chi connectivity index (χ0v) is 16.4. The Labute approximate surface area is 159 Å². The molecular weight excluding hydrogens is 426 g/mol. The van der Waals surface area contributed by atoms with Crippen LogP contribution in [0.1, 0.15) is 5.56 Å². The summed E-state index contributed by atoms with van der Waals surface area (Å²) in [6.45, 7) is 1.32. The van der Waals surface area contributed by atoms with Gasteiger partial charge in [-0.25, -0.2) is 8.42 Å². The van der Waals surface area contributed by atoms with E-state index in [0.29, 0.717) is 5.69 Å². The molecule has 2 aromatic rings. The zero-order valence-electron chi connectivity index (χ0n) is 14.0. The smallest absolute Gasteiger partial charge is 0.289 e. The summed E-state index contributed by atoms with van der Waals surface area (Å²) in [5.74, 6) is -0.555. The molecule has 0 atom stereocenters. The highest BCUT2D eigenvalue weighted by Crippen LogP contribution is 2.25. The van der Waals surface area contributed by atoms with Crippen LogP contribution in [0, 0.1) is 17.0 Å². The van der Waals surface area contributed by atoms with Crippen LogP contribution < -0.4 is 5.32 Å². The molecule has 0 saturated carbocycles. The topological polar surface area (TPSA) is 110 Å². The summed E-state index contributed by atoms with van der Waals surface area (Å²) in [6.07, 6.45) is 0. The summed E-state index contributed by atoms with van der Waals surface area (Å²) in [7, 11) is -3.00. The molecule has 0 spiro atoms. The fourth-order valence-corrected chi connectivity index (χ4v) is 3.99. The van der Waals surface area contributed by atoms with Crippen LogP contribution in [0.3, 0.4) is 0 Å². The third kappa shape index (κ3) is 4.45. The number of carbonyl (C=O) groups excluding carboxylic acids is 1. The Morgan fingerprint density at radius 2 is 1.92 bits per heavy atom. The molecule has 0 radical (unpaired) electrons. The highest BCUT2D eigenvalue weighted by Gasteiger charge is 2.30. The van der Waals surface area contributed by atoms with Gasteiger partial charge in [0, 0.05) is 23.3 Å². The van der Waals surface area contributed by atoms with Crippen molar-refractivity contribution in [3.05, 3.63) is 62.6 Å². The minimum atomic E-state index is -4.20. The van der Waals surface area contributed by atoms with E-state index in [1.807, 2.05) is 6.07 Å². The Hall–Kier alpha value is -2.30. The number of hydrogen-bond donors (Lipinski definition) is 1. The molecule has 1 amide bonds. The normalized spacial score (nSPS) is 11.4. The lowest BCUT2D eigenvalue weighted by molar-refractivity contribution is -0.387. The van der Waals surface area contributed by atoms with Crippen molar-refractivity contribution in [2.45, 2.75) is 11.8 Å². The maximum atomic E-state index is 12.6. The maximum absolute atomic E-state index is 12.6. The van der Waals surface area contributed by atoms with Crippen LogP contribution in [-0.4, -0.2) is 37.1 Å². The summed E-state index contributed by atoms with van der Waals surface area (Å²) >= 11 is 3.32. The summed E-state index contributed by atoms with van der Waals surface area (Å²) in [5, 5.41) is 13.7. The Morgan fingerprint density at radius 3 is 2.54 bits per heavy atom. The molecule has 138 valence electrons. The minimum Gasteiger partial charge on any atom is -0.325 e. The van der Waals surface area contributed by atoms with E-state index < -0.39 is 38.0 Å². The van der Waals surface area contributed by atoms with Gasteiger partial charge < -0.3 is 5.32 Å². The molecular formula is C16H16BrN3O5S. The quantitative estimate of drug-likeness (QED) is 0.547. The number of halogens is 1. The third-order valence-corrected chi connectivity index (χ3v) is 5.92. The van der Waals surface area contributed by atoms with Crippen LogP contribution >= 0.6 is 15.9 Å². The molecule has 10 heteroatoms. The molecule has 2 rings (SSSR count). The second-order valence-corrected chi connectivity index (χ2v) is 8.42. The number of sulfonamides is 1. The number of aryl methyl sites for hydroxylation is 1. The highest BCUT2D eigenvalue weighted by molar-refractivity contribution is 9.10. The van der Waals surface area contributed by atoms with Crippen LogP contribution in [0.25, 0.3) is 0 Å². The number of rotatable bonds is 6. The molecule has 0 unspecified atom stereocenters. The largest absolute Gasteiger partial charge is 0.325 e. The van der Waals surface area contributed by atoms with Gasteiger partial charge in [-0.2, -0.15) is 4.31 Å². The number of anilines is 1. The highest BCUT2D eigenvalue weighted by atomic mass is 79.9. The van der Waals surface area contributed by atoms with Gasteiger partial charge in [0.05, 0.1) is 11.5 Å². The van der Waals surface area contributed by atoms with Crippen LogP contribution in [0.5, 0.6) is 0 Å². The van der Waals surface area contributed by atoms with Gasteiger partial charge in [-0.15, -0.1) is 0 Å². The average molecular weight is 442 g/mol. The summed E-state index contributed by atoms with van der Waals surface area (Å²) in [4.78, 5) is 22.0. The van der Waals surface area contributed by atoms with Crippen molar-refractivity contribution in [3.63, 3.8) is 0 Å². The Bertz CT molecular complexity index is 962. The molecule has 0 aliphatic heterocycles. The monoisotopic (exact) mass is 441 g/mol. The number of likely N-dealkylation sites (N-methyl/N-ethyl adjacent to an activating group) is 1. The fourth-order valence-electron chi connectivity index (χ4n) is 2.24. The van der Waals surface area contributed by atoms with Crippen molar-refractivity contribution in [3.8, 4) is 0 Å². The molecule has 0 aromatic heterocycles. The molecule has 26 heavy (non-hydrogen) atoms. The first kappa shape index (κ1) is 20.0. The first-order valence-electron chi connectivity index (χ1n) is 7.38. The fraction of sp³-hybridized carbons (Fsp3) is 0.188. The lowest BCUT2D eigenvalue weighted by atomic mass is 10.2. The van der Waals surface area contributed by atoms with Crippen LogP contribution in [0.15, 0.2) is 51.8 Å². The van der Waals surface area contributed by atoms with Gasteiger partial charge in [-0.05, 0) is 36.8 Å². The van der Waals surface area contributed by atoms with Crippen molar-refractivity contribution in [2.75, 3.05) is 18.9 Å². The predicted octanol–water partition coefficient (Wildman–Crippen LogP) is 2.92. The number of hydrogen-bond acceptors (Lipinski definition) is 5. The van der Waals surface area contributed by atoms with Crippen LogP contribution in [0.4, 0.5) is 11.4 Å². The van der Waals surface area contributed by atoms with Gasteiger partial charge in [-0.3, -0.25) is 14.9 Å². The number of nitro groups is 1. The lowest BCUT2D eigenvalue weighted by Crippen LogP contribution is -2.35. The summed E-state index contributed by atoms with van der Waals surface area (Å²) in [5.41, 5.74) is 0.815. The SMILES string of the molecule is Cc1cc(Br)ccc1NC(=O)CN(C)S(=O)(=O)c1ccccc1[N+](=O)[O-]. The van der Waals surface area contributed by atoms with E-state index in [4.69, 9.17) is 0 Å². The third-order valence-electron chi connectivity index (χ3n) is 3.58. The Kier molecular flexibility index (Phi) is 6.11. The molecule has 1 N–H and O–H groups in total. The summed E-state index contributed by atoms with van der Waals surface area (Å²) < 4.78 is 26.8. The number of nitrogens with one attached hydrogen (secondary N) is 1. The maximum Gasteiger partial charge on any atom is 0.289 e. The number of nitro benzene ring substituents is 1. The standard InChI is InChI=1S/C16H16BrN3O5S/c1-11-9-12(17)7-8-13(11)18-16(21)10-19(2)26(24,25)15-6-4-3-5-14(15)20(22)23/h3-9H,10H2,1-2H3,(H,18,21). The number of amides is 1. The van der Waals surface area contributed by atoms with E-state index >= 15 is 0 Å².